The number of nitrogens with zero attached hydrogens (tertiary/aromatic N) is 3. The van der Waals surface area contributed by atoms with E-state index in [1.165, 1.54) is 6.20 Å². The maximum Gasteiger partial charge on any atom is 0.179 e. The summed E-state index contributed by atoms with van der Waals surface area (Å²) in [7, 11) is 1.59. The van der Waals surface area contributed by atoms with Crippen molar-refractivity contribution in [2.75, 3.05) is 40.0 Å². The molecule has 9 heteroatoms. The number of aromatic nitrogens is 2. The van der Waals surface area contributed by atoms with E-state index in [9.17, 15) is 9.50 Å². The summed E-state index contributed by atoms with van der Waals surface area (Å²) in [6, 6.07) is 7.35. The number of halogens is 1. The third-order valence-electron chi connectivity index (χ3n) is 6.51. The number of piperidine rings is 1. The van der Waals surface area contributed by atoms with Crippen molar-refractivity contribution in [2.24, 2.45) is 0 Å². The van der Waals surface area contributed by atoms with E-state index in [1.807, 2.05) is 24.3 Å². The molecule has 0 saturated carbocycles. The topological polar surface area (TPSA) is 89.0 Å². The number of methoxy groups -OCH3 is 1. The van der Waals surface area contributed by atoms with Crippen molar-refractivity contribution in [1.29, 1.82) is 0 Å². The van der Waals surface area contributed by atoms with E-state index in [0.29, 0.717) is 62.1 Å². The van der Waals surface area contributed by atoms with E-state index >= 15 is 0 Å². The molecule has 0 amide bonds. The van der Waals surface area contributed by atoms with Gasteiger partial charge < -0.3 is 29.5 Å². The minimum absolute atomic E-state index is 0.0333. The van der Waals surface area contributed by atoms with E-state index in [2.05, 4.69) is 20.2 Å². The average Bonchev–Trinajstić information content (AvgIpc) is 2.87. The Morgan fingerprint density at radius 2 is 2.03 bits per heavy atom. The molecule has 4 heterocycles. The SMILES string of the molecule is COc1ccc2ncc(F)c(CCN3CCC(NCc4cc5c(cn4)OCCO5)C(O)C3)c2c1. The Labute approximate surface area is 197 Å². The number of likely N-dealkylation sites (tertiary alicyclic amines) is 1. The van der Waals surface area contributed by atoms with Gasteiger partial charge in [-0.05, 0) is 37.6 Å². The molecule has 2 unspecified atom stereocenters. The summed E-state index contributed by atoms with van der Waals surface area (Å²) >= 11 is 0. The second kappa shape index (κ2) is 10.1. The molecule has 2 atom stereocenters. The van der Waals surface area contributed by atoms with Gasteiger partial charge in [-0.15, -0.1) is 0 Å². The zero-order chi connectivity index (χ0) is 23.5. The number of aliphatic hydroxyl groups excluding tert-OH is 1. The lowest BCUT2D eigenvalue weighted by molar-refractivity contribution is 0.0402. The summed E-state index contributed by atoms with van der Waals surface area (Å²) < 4.78 is 31.0. The molecule has 2 aromatic heterocycles. The maximum absolute atomic E-state index is 14.6. The van der Waals surface area contributed by atoms with Gasteiger partial charge >= 0.3 is 0 Å². The van der Waals surface area contributed by atoms with Crippen LogP contribution >= 0.6 is 0 Å². The summed E-state index contributed by atoms with van der Waals surface area (Å²) in [5.41, 5.74) is 2.21. The number of hydrogen-bond acceptors (Lipinski definition) is 8. The molecule has 0 bridgehead atoms. The molecule has 8 nitrogen and oxygen atoms in total. The smallest absolute Gasteiger partial charge is 0.179 e. The van der Waals surface area contributed by atoms with Crippen molar-refractivity contribution in [2.45, 2.75) is 31.5 Å². The van der Waals surface area contributed by atoms with Crippen molar-refractivity contribution < 1.29 is 23.7 Å². The number of ether oxygens (including phenoxy) is 3. The lowest BCUT2D eigenvalue weighted by Crippen LogP contribution is -2.52. The average molecular weight is 469 g/mol. The number of hydrogen-bond donors (Lipinski definition) is 2. The summed E-state index contributed by atoms with van der Waals surface area (Å²) in [5, 5.41) is 14.9. The molecule has 34 heavy (non-hydrogen) atoms. The molecule has 2 aliphatic heterocycles. The van der Waals surface area contributed by atoms with Crippen LogP contribution in [0, 0.1) is 5.82 Å². The van der Waals surface area contributed by atoms with Crippen LogP contribution < -0.4 is 19.5 Å². The number of pyridine rings is 2. The number of fused-ring (bicyclic) bond motifs is 2. The van der Waals surface area contributed by atoms with E-state index < -0.39 is 6.10 Å². The molecule has 0 radical (unpaired) electrons. The van der Waals surface area contributed by atoms with E-state index in [-0.39, 0.29) is 11.9 Å². The quantitative estimate of drug-likeness (QED) is 0.546. The Bertz CT molecular complexity index is 1160. The van der Waals surface area contributed by atoms with Crippen molar-refractivity contribution in [3.8, 4) is 17.2 Å². The highest BCUT2D eigenvalue weighted by Gasteiger charge is 2.27. The standard InChI is InChI=1S/C25H29FN4O4/c1-32-17-2-3-21-19(11-17)18(20(26)13-29-21)4-6-30-7-5-22(23(31)15-30)28-12-16-10-24-25(14-27-16)34-9-8-33-24/h2-3,10-11,13-14,22-23,28,31H,4-9,12,15H2,1H3. The van der Waals surface area contributed by atoms with Crippen LogP contribution in [0.1, 0.15) is 17.7 Å². The van der Waals surface area contributed by atoms with Crippen molar-refractivity contribution in [3.63, 3.8) is 0 Å². The zero-order valence-electron chi connectivity index (χ0n) is 19.2. The summed E-state index contributed by atoms with van der Waals surface area (Å²) in [5.74, 6) is 1.74. The predicted molar refractivity (Wildman–Crippen MR) is 125 cm³/mol. The van der Waals surface area contributed by atoms with E-state index in [1.54, 1.807) is 13.3 Å². The van der Waals surface area contributed by atoms with Crippen LogP contribution in [0.25, 0.3) is 10.9 Å². The summed E-state index contributed by atoms with van der Waals surface area (Å²) in [4.78, 5) is 10.8. The molecule has 5 rings (SSSR count). The molecule has 2 aliphatic rings. The Kier molecular flexibility index (Phi) is 6.75. The first-order valence-electron chi connectivity index (χ1n) is 11.6. The second-order valence-electron chi connectivity index (χ2n) is 8.68. The first-order chi connectivity index (χ1) is 16.6. The fourth-order valence-electron chi connectivity index (χ4n) is 4.61. The Morgan fingerprint density at radius 3 is 2.85 bits per heavy atom. The minimum Gasteiger partial charge on any atom is -0.497 e. The van der Waals surface area contributed by atoms with Crippen LogP contribution in [-0.2, 0) is 13.0 Å². The second-order valence-corrected chi connectivity index (χ2v) is 8.68. The van der Waals surface area contributed by atoms with Gasteiger partial charge in [0.2, 0.25) is 0 Å². The molecule has 0 spiro atoms. The number of benzene rings is 1. The van der Waals surface area contributed by atoms with Gasteiger partial charge in [0, 0.05) is 42.7 Å². The Morgan fingerprint density at radius 1 is 1.18 bits per heavy atom. The molecule has 2 N–H and O–H groups in total. The fourth-order valence-corrected chi connectivity index (χ4v) is 4.61. The fraction of sp³-hybridized carbons (Fsp3) is 0.440. The minimum atomic E-state index is -0.523. The molecular formula is C25H29FN4O4. The zero-order valence-corrected chi connectivity index (χ0v) is 19.2. The van der Waals surface area contributed by atoms with Crippen LogP contribution in [0.5, 0.6) is 17.2 Å². The third-order valence-corrected chi connectivity index (χ3v) is 6.51. The van der Waals surface area contributed by atoms with Crippen LogP contribution in [0.2, 0.25) is 0 Å². The van der Waals surface area contributed by atoms with Crippen molar-refractivity contribution in [1.82, 2.24) is 20.2 Å². The van der Waals surface area contributed by atoms with Gasteiger partial charge in [-0.1, -0.05) is 0 Å². The van der Waals surface area contributed by atoms with E-state index in [4.69, 9.17) is 14.2 Å². The molecule has 1 aromatic carbocycles. The maximum atomic E-state index is 14.6. The normalized spacial score (nSPS) is 20.4. The largest absolute Gasteiger partial charge is 0.497 e. The van der Waals surface area contributed by atoms with Gasteiger partial charge in [0.15, 0.2) is 11.5 Å². The molecule has 180 valence electrons. The van der Waals surface area contributed by atoms with Crippen LogP contribution in [0.15, 0.2) is 36.7 Å². The predicted octanol–water partition coefficient (Wildman–Crippen LogP) is 2.32. The number of rotatable bonds is 7. The summed E-state index contributed by atoms with van der Waals surface area (Å²) in [6.07, 6.45) is 3.76. The van der Waals surface area contributed by atoms with Gasteiger partial charge in [0.25, 0.3) is 0 Å². The lowest BCUT2D eigenvalue weighted by atomic mass is 10.00. The molecule has 1 saturated heterocycles. The highest BCUT2D eigenvalue weighted by atomic mass is 19.1. The Hall–Kier alpha value is -3.01. The van der Waals surface area contributed by atoms with Gasteiger partial charge in [0.1, 0.15) is 24.8 Å². The third kappa shape index (κ3) is 4.91. The summed E-state index contributed by atoms with van der Waals surface area (Å²) in [6.45, 7) is 3.61. The number of nitrogens with one attached hydrogen (secondary N) is 1. The van der Waals surface area contributed by atoms with Crippen LogP contribution in [0.4, 0.5) is 4.39 Å². The first kappa shape index (κ1) is 22.8. The van der Waals surface area contributed by atoms with Crippen molar-refractivity contribution in [3.05, 3.63) is 53.7 Å². The number of aliphatic hydroxyl groups is 1. The molecule has 3 aromatic rings. The van der Waals surface area contributed by atoms with Crippen LogP contribution in [-0.4, -0.2) is 72.1 Å². The highest BCUT2D eigenvalue weighted by molar-refractivity contribution is 5.83. The highest BCUT2D eigenvalue weighted by Crippen LogP contribution is 2.29. The molecule has 1 fully saturated rings. The van der Waals surface area contributed by atoms with Crippen LogP contribution in [0.3, 0.4) is 0 Å². The monoisotopic (exact) mass is 468 g/mol. The van der Waals surface area contributed by atoms with Crippen molar-refractivity contribution >= 4 is 10.9 Å². The Balaban J connectivity index is 1.16. The molecular weight excluding hydrogens is 439 g/mol. The van der Waals surface area contributed by atoms with Gasteiger partial charge in [0.05, 0.1) is 36.8 Å². The van der Waals surface area contributed by atoms with Gasteiger partial charge in [-0.25, -0.2) is 4.39 Å². The number of β-amino-alcohol motifs (C(OH)–C–C–N with tert-alkyl or cyclic N) is 1. The first-order valence-corrected chi connectivity index (χ1v) is 11.6. The van der Waals surface area contributed by atoms with Gasteiger partial charge in [-0.3, -0.25) is 9.97 Å². The lowest BCUT2D eigenvalue weighted by Gasteiger charge is -2.36. The molecule has 0 aliphatic carbocycles. The van der Waals surface area contributed by atoms with E-state index in [0.717, 1.165) is 29.6 Å². The van der Waals surface area contributed by atoms with Gasteiger partial charge in [-0.2, -0.15) is 0 Å².